The molecule has 2 N–H and O–H groups in total. The highest BCUT2D eigenvalue weighted by Gasteiger charge is 2.17. The number of carbonyl (C=O) groups is 1. The molecule has 0 aliphatic heterocycles. The first kappa shape index (κ1) is 20.6. The maximum atomic E-state index is 12.6. The van der Waals surface area contributed by atoms with Crippen LogP contribution < -0.4 is 10.0 Å². The summed E-state index contributed by atoms with van der Waals surface area (Å²) in [5, 5.41) is 4.64. The van der Waals surface area contributed by atoms with E-state index in [9.17, 15) is 13.2 Å². The number of amides is 1. The molecule has 1 aromatic carbocycles. The number of hydrogen-bond acceptors (Lipinski definition) is 7. The Kier molecular flexibility index (Phi) is 5.91. The van der Waals surface area contributed by atoms with Crippen molar-refractivity contribution in [3.63, 3.8) is 0 Å². The molecule has 7 nitrogen and oxygen atoms in total. The maximum Gasteiger partial charge on any atom is 0.270 e. The third-order valence-electron chi connectivity index (χ3n) is 4.28. The zero-order valence-electron chi connectivity index (χ0n) is 16.0. The summed E-state index contributed by atoms with van der Waals surface area (Å²) in [4.78, 5) is 21.5. The molecule has 154 valence electrons. The van der Waals surface area contributed by atoms with Gasteiger partial charge in [0.05, 0.1) is 11.6 Å². The summed E-state index contributed by atoms with van der Waals surface area (Å²) in [6.07, 6.45) is 3.23. The Morgan fingerprint density at radius 2 is 1.87 bits per heavy atom. The van der Waals surface area contributed by atoms with E-state index in [0.717, 1.165) is 20.0 Å². The molecule has 3 aromatic heterocycles. The fraction of sp³-hybridized carbons (Fsp3) is 0.150. The predicted octanol–water partition coefficient (Wildman–Crippen LogP) is 3.47. The van der Waals surface area contributed by atoms with Crippen molar-refractivity contribution in [2.24, 2.45) is 0 Å². The van der Waals surface area contributed by atoms with E-state index in [4.69, 9.17) is 0 Å². The van der Waals surface area contributed by atoms with Gasteiger partial charge in [0.1, 0.15) is 9.90 Å². The van der Waals surface area contributed by atoms with Crippen LogP contribution in [0.15, 0.2) is 59.1 Å². The van der Waals surface area contributed by atoms with Crippen molar-refractivity contribution in [2.75, 3.05) is 0 Å². The minimum absolute atomic E-state index is 0.0889. The molecule has 0 unspecified atom stereocenters. The molecule has 0 fully saturated rings. The Morgan fingerprint density at radius 1 is 1.03 bits per heavy atom. The van der Waals surface area contributed by atoms with Crippen LogP contribution in [-0.2, 0) is 23.1 Å². The second kappa shape index (κ2) is 8.60. The van der Waals surface area contributed by atoms with Gasteiger partial charge in [-0.05, 0) is 36.1 Å². The van der Waals surface area contributed by atoms with Crippen LogP contribution in [0.2, 0.25) is 0 Å². The molecule has 10 heteroatoms. The van der Waals surface area contributed by atoms with Gasteiger partial charge in [-0.1, -0.05) is 24.3 Å². The van der Waals surface area contributed by atoms with E-state index in [1.165, 1.54) is 28.9 Å². The number of pyridine rings is 1. The lowest BCUT2D eigenvalue weighted by molar-refractivity contribution is 0.0946. The number of carbonyl (C=O) groups excluding carboxylic acids is 1. The number of rotatable bonds is 7. The second-order valence-electron chi connectivity index (χ2n) is 6.51. The van der Waals surface area contributed by atoms with Crippen LogP contribution in [-0.4, -0.2) is 24.3 Å². The number of aryl methyl sites for hydroxylation is 1. The van der Waals surface area contributed by atoms with Crippen LogP contribution in [0.1, 0.15) is 25.9 Å². The molecular weight excluding hydrogens is 440 g/mol. The van der Waals surface area contributed by atoms with Gasteiger partial charge in [-0.2, -0.15) is 0 Å². The monoisotopic (exact) mass is 458 g/mol. The van der Waals surface area contributed by atoms with Gasteiger partial charge in [0.25, 0.3) is 5.91 Å². The van der Waals surface area contributed by atoms with Crippen molar-refractivity contribution in [2.45, 2.75) is 24.2 Å². The number of sulfonamides is 1. The summed E-state index contributed by atoms with van der Waals surface area (Å²) in [5.74, 6) is -0.293. The molecule has 3 heterocycles. The largest absolute Gasteiger partial charge is 0.346 e. The predicted molar refractivity (Wildman–Crippen MR) is 118 cm³/mol. The smallest absolute Gasteiger partial charge is 0.270 e. The third-order valence-corrected chi connectivity index (χ3v) is 8.19. The van der Waals surface area contributed by atoms with Crippen LogP contribution >= 0.6 is 22.7 Å². The highest BCUT2D eigenvalue weighted by atomic mass is 32.2. The van der Waals surface area contributed by atoms with Gasteiger partial charge in [-0.25, -0.2) is 18.1 Å². The van der Waals surface area contributed by atoms with Crippen molar-refractivity contribution < 1.29 is 13.2 Å². The summed E-state index contributed by atoms with van der Waals surface area (Å²) in [7, 11) is -3.63. The minimum Gasteiger partial charge on any atom is -0.346 e. The minimum atomic E-state index is -3.63. The first-order valence-corrected chi connectivity index (χ1v) is 12.1. The molecule has 0 bridgehead atoms. The second-order valence-corrected chi connectivity index (χ2v) is 10.9. The Morgan fingerprint density at radius 3 is 2.57 bits per heavy atom. The fourth-order valence-corrected chi connectivity index (χ4v) is 5.94. The zero-order chi connectivity index (χ0) is 21.1. The molecule has 1 amide bonds. The topological polar surface area (TPSA) is 101 Å². The number of aromatic nitrogens is 2. The molecule has 0 aliphatic rings. The van der Waals surface area contributed by atoms with Crippen LogP contribution in [0, 0.1) is 6.92 Å². The van der Waals surface area contributed by atoms with Gasteiger partial charge in [0, 0.05) is 28.5 Å². The molecule has 4 rings (SSSR count). The van der Waals surface area contributed by atoms with Crippen molar-refractivity contribution in [1.82, 2.24) is 20.0 Å². The highest BCUT2D eigenvalue weighted by molar-refractivity contribution is 7.91. The molecule has 0 spiro atoms. The van der Waals surface area contributed by atoms with E-state index in [-0.39, 0.29) is 22.4 Å². The van der Waals surface area contributed by atoms with E-state index < -0.39 is 10.0 Å². The number of hydrogen-bond donors (Lipinski definition) is 2. The van der Waals surface area contributed by atoms with E-state index in [0.29, 0.717) is 12.1 Å². The molecule has 0 radical (unpaired) electrons. The quantitative estimate of drug-likeness (QED) is 0.442. The fourth-order valence-electron chi connectivity index (χ4n) is 2.75. The summed E-state index contributed by atoms with van der Waals surface area (Å²) in [6.45, 7) is 2.39. The van der Waals surface area contributed by atoms with Crippen LogP contribution in [0.3, 0.4) is 0 Å². The summed E-state index contributed by atoms with van der Waals surface area (Å²) < 4.78 is 28.9. The SMILES string of the molecule is Cc1ncc(CNC(=O)c2ccc(CNS(=O)(=O)c3cc4ccccc4s3)cn2)s1. The number of nitrogens with one attached hydrogen (secondary N) is 2. The summed E-state index contributed by atoms with van der Waals surface area (Å²) >= 11 is 2.75. The number of thiophene rings is 1. The van der Waals surface area contributed by atoms with Crippen LogP contribution in [0.4, 0.5) is 0 Å². The van der Waals surface area contributed by atoms with E-state index in [2.05, 4.69) is 20.0 Å². The number of nitrogens with zero attached hydrogens (tertiary/aromatic N) is 2. The number of thiazole rings is 1. The van der Waals surface area contributed by atoms with Gasteiger partial charge in [0.2, 0.25) is 10.0 Å². The first-order valence-electron chi connectivity index (χ1n) is 9.03. The van der Waals surface area contributed by atoms with Crippen molar-refractivity contribution in [3.8, 4) is 0 Å². The zero-order valence-corrected chi connectivity index (χ0v) is 18.4. The molecule has 0 saturated heterocycles. The van der Waals surface area contributed by atoms with Gasteiger partial charge in [-0.3, -0.25) is 9.78 Å². The van der Waals surface area contributed by atoms with Gasteiger partial charge < -0.3 is 5.32 Å². The first-order chi connectivity index (χ1) is 14.4. The normalized spacial score (nSPS) is 11.6. The molecule has 30 heavy (non-hydrogen) atoms. The lowest BCUT2D eigenvalue weighted by atomic mass is 10.2. The molecular formula is C20H18N4O3S3. The Bertz CT molecular complexity index is 1260. The van der Waals surface area contributed by atoms with Gasteiger partial charge >= 0.3 is 0 Å². The number of benzene rings is 1. The molecule has 0 saturated carbocycles. The Hall–Kier alpha value is -2.66. The Labute approximate surface area is 181 Å². The maximum absolute atomic E-state index is 12.6. The van der Waals surface area contributed by atoms with E-state index >= 15 is 0 Å². The Balaban J connectivity index is 1.36. The number of fused-ring (bicyclic) bond motifs is 1. The van der Waals surface area contributed by atoms with Crippen molar-refractivity contribution in [3.05, 3.63) is 76.0 Å². The molecule has 0 aliphatic carbocycles. The lowest BCUT2D eigenvalue weighted by Gasteiger charge is -2.06. The van der Waals surface area contributed by atoms with E-state index in [1.54, 1.807) is 24.4 Å². The standard InChI is InChI=1S/C20H18N4O3S3/c1-13-21-11-16(28-13)12-23-20(25)17-7-6-14(9-22-17)10-24-30(26,27)19-8-15-4-2-3-5-18(15)29-19/h2-9,11,24H,10,12H2,1H3,(H,23,25). The average Bonchev–Trinajstić information content (AvgIpc) is 3.37. The van der Waals surface area contributed by atoms with Crippen LogP contribution in [0.5, 0.6) is 0 Å². The molecule has 4 aromatic rings. The summed E-state index contributed by atoms with van der Waals surface area (Å²) in [6, 6.07) is 12.5. The summed E-state index contributed by atoms with van der Waals surface area (Å²) in [5.41, 5.74) is 0.932. The average molecular weight is 459 g/mol. The van der Waals surface area contributed by atoms with Crippen LogP contribution in [0.25, 0.3) is 10.1 Å². The van der Waals surface area contributed by atoms with E-state index in [1.807, 2.05) is 31.2 Å². The lowest BCUT2D eigenvalue weighted by Crippen LogP contribution is -2.24. The van der Waals surface area contributed by atoms with Crippen molar-refractivity contribution >= 4 is 48.7 Å². The van der Waals surface area contributed by atoms with Gasteiger partial charge in [-0.15, -0.1) is 22.7 Å². The van der Waals surface area contributed by atoms with Gasteiger partial charge in [0.15, 0.2) is 0 Å². The van der Waals surface area contributed by atoms with Crippen molar-refractivity contribution in [1.29, 1.82) is 0 Å². The third kappa shape index (κ3) is 4.73. The molecule has 0 atom stereocenters. The highest BCUT2D eigenvalue weighted by Crippen LogP contribution is 2.28.